The smallest absolute Gasteiger partial charge is 0.353 e. The summed E-state index contributed by atoms with van der Waals surface area (Å²) in [5, 5.41) is 2.95. The third kappa shape index (κ3) is 4.47. The maximum Gasteiger partial charge on any atom is 0.416 e. The van der Waals surface area contributed by atoms with Gasteiger partial charge in [0.05, 0.1) is 12.0 Å². The van der Waals surface area contributed by atoms with Crippen LogP contribution in [0.25, 0.3) is 0 Å². The van der Waals surface area contributed by atoms with Crippen molar-refractivity contribution in [3.63, 3.8) is 0 Å². The van der Waals surface area contributed by atoms with Crippen LogP contribution in [0.3, 0.4) is 0 Å². The second kappa shape index (κ2) is 6.69. The van der Waals surface area contributed by atoms with Gasteiger partial charge in [0.15, 0.2) is 0 Å². The highest BCUT2D eigenvalue weighted by molar-refractivity contribution is 5.79. The van der Waals surface area contributed by atoms with Crippen molar-refractivity contribution >= 4 is 5.91 Å². The number of nitrogens with zero attached hydrogens (tertiary/aromatic N) is 1. The Bertz CT molecular complexity index is 530. The molecule has 0 radical (unpaired) electrons. The van der Waals surface area contributed by atoms with Gasteiger partial charge < -0.3 is 10.2 Å². The van der Waals surface area contributed by atoms with E-state index in [0.29, 0.717) is 11.5 Å². The summed E-state index contributed by atoms with van der Waals surface area (Å²) >= 11 is 0. The zero-order valence-corrected chi connectivity index (χ0v) is 12.8. The zero-order chi connectivity index (χ0) is 16.3. The Morgan fingerprint density at radius 2 is 2.14 bits per heavy atom. The van der Waals surface area contributed by atoms with Gasteiger partial charge in [0.2, 0.25) is 5.91 Å². The second-order valence-electron chi connectivity index (χ2n) is 6.08. The highest BCUT2D eigenvalue weighted by atomic mass is 19.4. The van der Waals surface area contributed by atoms with Crippen LogP contribution in [0.4, 0.5) is 13.2 Å². The summed E-state index contributed by atoms with van der Waals surface area (Å²) in [6, 6.07) is 5.03. The fourth-order valence-corrected chi connectivity index (χ4v) is 2.87. The van der Waals surface area contributed by atoms with Crippen LogP contribution in [0.1, 0.15) is 24.5 Å². The lowest BCUT2D eigenvalue weighted by molar-refractivity contribution is -0.137. The first-order valence-corrected chi connectivity index (χ1v) is 7.40. The molecule has 6 heteroatoms. The SMILES string of the molecule is CC1CN(C)CCC1NC(=O)Cc1cccc(C(F)(F)F)c1. The number of hydrogen-bond acceptors (Lipinski definition) is 2. The molecule has 3 nitrogen and oxygen atoms in total. The monoisotopic (exact) mass is 314 g/mol. The fraction of sp³-hybridized carbons (Fsp3) is 0.562. The van der Waals surface area contributed by atoms with Gasteiger partial charge in [-0.1, -0.05) is 25.1 Å². The molecule has 1 heterocycles. The molecule has 0 bridgehead atoms. The van der Waals surface area contributed by atoms with Gasteiger partial charge in [0.25, 0.3) is 0 Å². The van der Waals surface area contributed by atoms with Crippen LogP contribution in [-0.2, 0) is 17.4 Å². The molecule has 2 atom stereocenters. The van der Waals surface area contributed by atoms with E-state index < -0.39 is 11.7 Å². The third-order valence-electron chi connectivity index (χ3n) is 4.07. The van der Waals surface area contributed by atoms with Crippen molar-refractivity contribution in [2.24, 2.45) is 5.92 Å². The number of carbonyl (C=O) groups is 1. The summed E-state index contributed by atoms with van der Waals surface area (Å²) in [6.07, 6.45) is -3.54. The normalized spacial score (nSPS) is 23.3. The van der Waals surface area contributed by atoms with Crippen LogP contribution >= 0.6 is 0 Å². The topological polar surface area (TPSA) is 32.3 Å². The number of alkyl halides is 3. The van der Waals surface area contributed by atoms with Crippen LogP contribution in [0.5, 0.6) is 0 Å². The fourth-order valence-electron chi connectivity index (χ4n) is 2.87. The van der Waals surface area contributed by atoms with Crippen molar-refractivity contribution in [3.05, 3.63) is 35.4 Å². The van der Waals surface area contributed by atoms with Gasteiger partial charge in [-0.2, -0.15) is 13.2 Å². The molecule has 1 aliphatic heterocycles. The van der Waals surface area contributed by atoms with Gasteiger partial charge >= 0.3 is 6.18 Å². The third-order valence-corrected chi connectivity index (χ3v) is 4.07. The molecule has 0 saturated carbocycles. The van der Waals surface area contributed by atoms with Gasteiger partial charge in [0, 0.05) is 12.6 Å². The first kappa shape index (κ1) is 16.8. The second-order valence-corrected chi connectivity index (χ2v) is 6.08. The number of carbonyl (C=O) groups excluding carboxylic acids is 1. The van der Waals surface area contributed by atoms with E-state index in [2.05, 4.69) is 17.1 Å². The molecule has 22 heavy (non-hydrogen) atoms. The molecule has 1 fully saturated rings. The molecule has 2 unspecified atom stereocenters. The molecular formula is C16H21F3N2O. The van der Waals surface area contributed by atoms with E-state index in [-0.39, 0.29) is 18.4 Å². The van der Waals surface area contributed by atoms with Crippen LogP contribution in [-0.4, -0.2) is 37.0 Å². The van der Waals surface area contributed by atoms with Gasteiger partial charge in [-0.15, -0.1) is 0 Å². The van der Waals surface area contributed by atoms with E-state index in [1.54, 1.807) is 6.07 Å². The quantitative estimate of drug-likeness (QED) is 0.930. The minimum Gasteiger partial charge on any atom is -0.353 e. The van der Waals surface area contributed by atoms with Gasteiger partial charge in [-0.05, 0) is 37.6 Å². The predicted octanol–water partition coefficient (Wildman–Crippen LogP) is 2.70. The molecule has 1 aromatic carbocycles. The molecule has 1 aromatic rings. The maximum absolute atomic E-state index is 12.7. The van der Waals surface area contributed by atoms with E-state index in [1.165, 1.54) is 6.07 Å². The van der Waals surface area contributed by atoms with Crippen molar-refractivity contribution in [3.8, 4) is 0 Å². The number of nitrogens with one attached hydrogen (secondary N) is 1. The number of benzene rings is 1. The molecule has 0 aliphatic carbocycles. The highest BCUT2D eigenvalue weighted by Gasteiger charge is 2.30. The Hall–Kier alpha value is -1.56. The van der Waals surface area contributed by atoms with E-state index in [1.807, 2.05) is 7.05 Å². The average molecular weight is 314 g/mol. The molecule has 0 spiro atoms. The van der Waals surface area contributed by atoms with E-state index >= 15 is 0 Å². The van der Waals surface area contributed by atoms with Gasteiger partial charge in [-0.3, -0.25) is 4.79 Å². The summed E-state index contributed by atoms with van der Waals surface area (Å²) in [5.74, 6) is 0.116. The van der Waals surface area contributed by atoms with Crippen molar-refractivity contribution in [2.75, 3.05) is 20.1 Å². The van der Waals surface area contributed by atoms with E-state index in [0.717, 1.165) is 31.6 Å². The Kier molecular flexibility index (Phi) is 5.11. The number of likely N-dealkylation sites (tertiary alicyclic amines) is 1. The number of hydrogen-bond donors (Lipinski definition) is 1. The molecule has 0 aromatic heterocycles. The Labute approximate surface area is 128 Å². The van der Waals surface area contributed by atoms with Crippen molar-refractivity contribution in [2.45, 2.75) is 32.0 Å². The number of rotatable bonds is 3. The summed E-state index contributed by atoms with van der Waals surface area (Å²) in [7, 11) is 2.04. The Morgan fingerprint density at radius 3 is 2.77 bits per heavy atom. The zero-order valence-electron chi connectivity index (χ0n) is 12.8. The summed E-state index contributed by atoms with van der Waals surface area (Å²) in [5.41, 5.74) is -0.335. The molecule has 1 N–H and O–H groups in total. The Morgan fingerprint density at radius 1 is 1.41 bits per heavy atom. The lowest BCUT2D eigenvalue weighted by atomic mass is 9.94. The summed E-state index contributed by atoms with van der Waals surface area (Å²) in [4.78, 5) is 14.3. The average Bonchev–Trinajstić information content (AvgIpc) is 2.41. The molecule has 1 aliphatic rings. The summed E-state index contributed by atoms with van der Waals surface area (Å²) in [6.45, 7) is 3.90. The minimum absolute atomic E-state index is 0.0248. The highest BCUT2D eigenvalue weighted by Crippen LogP contribution is 2.29. The van der Waals surface area contributed by atoms with Crippen LogP contribution < -0.4 is 5.32 Å². The lowest BCUT2D eigenvalue weighted by Crippen LogP contribution is -2.49. The van der Waals surface area contributed by atoms with E-state index in [4.69, 9.17) is 0 Å². The van der Waals surface area contributed by atoms with Crippen molar-refractivity contribution in [1.82, 2.24) is 10.2 Å². The number of halogens is 3. The molecule has 122 valence electrons. The molecule has 1 amide bonds. The maximum atomic E-state index is 12.7. The number of piperidine rings is 1. The Balaban J connectivity index is 1.95. The van der Waals surface area contributed by atoms with Crippen LogP contribution in [0.2, 0.25) is 0 Å². The molecular weight excluding hydrogens is 293 g/mol. The van der Waals surface area contributed by atoms with Gasteiger partial charge in [-0.25, -0.2) is 0 Å². The predicted molar refractivity (Wildman–Crippen MR) is 78.4 cm³/mol. The van der Waals surface area contributed by atoms with Crippen molar-refractivity contribution in [1.29, 1.82) is 0 Å². The summed E-state index contributed by atoms with van der Waals surface area (Å²) < 4.78 is 38.0. The number of amides is 1. The minimum atomic E-state index is -4.38. The van der Waals surface area contributed by atoms with E-state index in [9.17, 15) is 18.0 Å². The van der Waals surface area contributed by atoms with Crippen molar-refractivity contribution < 1.29 is 18.0 Å². The largest absolute Gasteiger partial charge is 0.416 e. The lowest BCUT2D eigenvalue weighted by Gasteiger charge is -2.35. The molecule has 1 saturated heterocycles. The van der Waals surface area contributed by atoms with Gasteiger partial charge in [0.1, 0.15) is 0 Å². The first-order chi connectivity index (χ1) is 10.3. The van der Waals surface area contributed by atoms with Crippen LogP contribution in [0.15, 0.2) is 24.3 Å². The standard InChI is InChI=1S/C16H21F3N2O/c1-11-10-21(2)7-6-14(11)20-15(22)9-12-4-3-5-13(8-12)16(17,18)19/h3-5,8,11,14H,6-7,9-10H2,1-2H3,(H,20,22). The first-order valence-electron chi connectivity index (χ1n) is 7.40. The van der Waals surface area contributed by atoms with Crippen LogP contribution in [0, 0.1) is 5.92 Å². The molecule has 2 rings (SSSR count).